The van der Waals surface area contributed by atoms with E-state index >= 15 is 0 Å². The van der Waals surface area contributed by atoms with Crippen molar-refractivity contribution in [3.8, 4) is 0 Å². The number of carbonyl (C=O) groups is 3. The summed E-state index contributed by atoms with van der Waals surface area (Å²) in [5, 5.41) is 24.9. The number of carbonyl (C=O) groups excluding carboxylic acids is 3. The molecule has 1 aliphatic rings. The smallest absolute Gasteiger partial charge is 0.445 e. The molecule has 3 amide bonds. The van der Waals surface area contributed by atoms with Gasteiger partial charge in [-0.3, -0.25) is 19.8 Å². The molecule has 0 saturated carbocycles. The topological polar surface area (TPSA) is 137 Å². The number of alkyl carbamates (subject to hydrolysis) is 1. The van der Waals surface area contributed by atoms with Crippen LogP contribution in [0, 0.1) is 0 Å². The van der Waals surface area contributed by atoms with Crippen LogP contribution in [0.15, 0.2) is 60.7 Å². The van der Waals surface area contributed by atoms with E-state index in [2.05, 4.69) is 10.6 Å². The Balaban J connectivity index is 1.65. The number of amides is 3. The van der Waals surface area contributed by atoms with Crippen LogP contribution >= 0.6 is 0 Å². The summed E-state index contributed by atoms with van der Waals surface area (Å²) >= 11 is 0. The highest BCUT2D eigenvalue weighted by Gasteiger charge is 2.40. The van der Waals surface area contributed by atoms with Crippen LogP contribution < -0.4 is 10.6 Å². The van der Waals surface area contributed by atoms with E-state index in [9.17, 15) is 24.4 Å². The molecule has 204 valence electrons. The van der Waals surface area contributed by atoms with Crippen molar-refractivity contribution in [2.75, 3.05) is 20.3 Å². The first-order valence-electron chi connectivity index (χ1n) is 12.9. The van der Waals surface area contributed by atoms with E-state index in [0.717, 1.165) is 11.1 Å². The van der Waals surface area contributed by atoms with Gasteiger partial charge in [-0.1, -0.05) is 60.7 Å². The molecule has 0 aromatic heterocycles. The quantitative estimate of drug-likeness (QED) is 0.228. The molecule has 1 aliphatic heterocycles. The summed E-state index contributed by atoms with van der Waals surface area (Å²) in [6.07, 6.45) is 1.55. The average Bonchev–Trinajstić information content (AvgIpc) is 3.40. The lowest BCUT2D eigenvalue weighted by atomic mass is 9.75. The minimum Gasteiger partial charge on any atom is -0.445 e. The highest BCUT2D eigenvalue weighted by molar-refractivity contribution is 6.43. The van der Waals surface area contributed by atoms with Crippen molar-refractivity contribution >= 4 is 25.0 Å². The molecule has 10 nitrogen and oxygen atoms in total. The Morgan fingerprint density at radius 2 is 1.71 bits per heavy atom. The van der Waals surface area contributed by atoms with E-state index < -0.39 is 43.1 Å². The molecule has 3 atom stereocenters. The van der Waals surface area contributed by atoms with E-state index in [1.807, 2.05) is 60.7 Å². The maximum atomic E-state index is 13.2. The fraction of sp³-hybridized carbons (Fsp3) is 0.444. The summed E-state index contributed by atoms with van der Waals surface area (Å²) in [6, 6.07) is 16.5. The van der Waals surface area contributed by atoms with Crippen molar-refractivity contribution in [2.45, 2.75) is 56.7 Å². The Hall–Kier alpha value is -3.25. The number of nitrogens with one attached hydrogen (secondary N) is 2. The lowest BCUT2D eigenvalue weighted by Crippen LogP contribution is -2.56. The van der Waals surface area contributed by atoms with Gasteiger partial charge in [-0.2, -0.15) is 0 Å². The minimum absolute atomic E-state index is 0.0380. The van der Waals surface area contributed by atoms with Crippen molar-refractivity contribution in [3.05, 3.63) is 71.8 Å². The number of hydrogen-bond acceptors (Lipinski definition) is 8. The van der Waals surface area contributed by atoms with Gasteiger partial charge in [0.05, 0.1) is 6.04 Å². The molecule has 3 rings (SSSR count). The van der Waals surface area contributed by atoms with Crippen LogP contribution in [-0.2, 0) is 32.1 Å². The zero-order valence-electron chi connectivity index (χ0n) is 21.6. The summed E-state index contributed by atoms with van der Waals surface area (Å²) in [6.45, 7) is 0.995. The van der Waals surface area contributed by atoms with E-state index in [-0.39, 0.29) is 13.0 Å². The number of ether oxygens (including phenoxy) is 2. The summed E-state index contributed by atoms with van der Waals surface area (Å²) in [7, 11) is -0.0674. The SMILES string of the molecule is COCCC[C@H](B(O)O)N1CCC[C@H]1C(=O)NC(=O)[C@@H](Cc1ccccc1)NC(=O)OCc1ccccc1. The number of imide groups is 1. The van der Waals surface area contributed by atoms with Crippen LogP contribution in [0.3, 0.4) is 0 Å². The Morgan fingerprint density at radius 1 is 1.05 bits per heavy atom. The number of likely N-dealkylation sites (tertiary alicyclic amines) is 1. The fourth-order valence-corrected chi connectivity index (χ4v) is 4.65. The molecule has 0 radical (unpaired) electrons. The molecule has 1 fully saturated rings. The first kappa shape index (κ1) is 29.3. The van der Waals surface area contributed by atoms with Gasteiger partial charge in [-0.25, -0.2) is 4.79 Å². The van der Waals surface area contributed by atoms with E-state index in [0.29, 0.717) is 38.8 Å². The van der Waals surface area contributed by atoms with Crippen LogP contribution in [-0.4, -0.2) is 78.3 Å². The van der Waals surface area contributed by atoms with Gasteiger partial charge in [0.1, 0.15) is 12.6 Å². The van der Waals surface area contributed by atoms with Crippen molar-refractivity contribution in [2.24, 2.45) is 0 Å². The Kier molecular flexibility index (Phi) is 11.8. The highest BCUT2D eigenvalue weighted by Crippen LogP contribution is 2.23. The molecule has 0 bridgehead atoms. The molecule has 2 aromatic rings. The molecule has 4 N–H and O–H groups in total. The summed E-state index contributed by atoms with van der Waals surface area (Å²) in [5.41, 5.74) is 1.60. The third-order valence-electron chi connectivity index (χ3n) is 6.57. The van der Waals surface area contributed by atoms with Gasteiger partial charge in [0.25, 0.3) is 0 Å². The van der Waals surface area contributed by atoms with Crippen LogP contribution in [0.2, 0.25) is 0 Å². The summed E-state index contributed by atoms with van der Waals surface area (Å²) < 4.78 is 10.3. The fourth-order valence-electron chi connectivity index (χ4n) is 4.65. The Bertz CT molecular complexity index is 1030. The molecule has 38 heavy (non-hydrogen) atoms. The summed E-state index contributed by atoms with van der Waals surface area (Å²) in [5.74, 6) is -1.87. The Morgan fingerprint density at radius 3 is 2.34 bits per heavy atom. The van der Waals surface area contributed by atoms with Crippen LogP contribution in [0.4, 0.5) is 4.79 Å². The van der Waals surface area contributed by atoms with Crippen molar-refractivity contribution < 1.29 is 33.9 Å². The molecule has 2 aromatic carbocycles. The molecule has 0 spiro atoms. The molecule has 0 unspecified atom stereocenters. The second-order valence-electron chi connectivity index (χ2n) is 9.31. The molecule has 1 heterocycles. The molecular weight excluding hydrogens is 489 g/mol. The number of rotatable bonds is 13. The normalized spacial score (nSPS) is 16.9. The zero-order chi connectivity index (χ0) is 27.3. The monoisotopic (exact) mass is 525 g/mol. The van der Waals surface area contributed by atoms with Crippen LogP contribution in [0.1, 0.15) is 36.8 Å². The number of nitrogens with zero attached hydrogens (tertiary/aromatic N) is 1. The largest absolute Gasteiger partial charge is 0.469 e. The van der Waals surface area contributed by atoms with Gasteiger partial charge < -0.3 is 24.8 Å². The standard InChI is InChI=1S/C27H36BN3O7/c1-37-17-9-15-24(28(35)36)31-16-8-14-23(31)26(33)30-25(32)22(18-20-10-4-2-5-11-20)29-27(34)38-19-21-12-6-3-7-13-21/h2-7,10-13,22-24,35-36H,8-9,14-19H2,1H3,(H,29,34)(H,30,32,33)/t22-,23+,24-/m1/s1. The van der Waals surface area contributed by atoms with E-state index in [1.165, 1.54) is 0 Å². The Labute approximate surface area is 223 Å². The zero-order valence-corrected chi connectivity index (χ0v) is 21.6. The third-order valence-corrected chi connectivity index (χ3v) is 6.57. The maximum Gasteiger partial charge on any atom is 0.469 e. The number of methoxy groups -OCH3 is 1. The van der Waals surface area contributed by atoms with Gasteiger partial charge in [0, 0.05) is 26.1 Å². The van der Waals surface area contributed by atoms with Gasteiger partial charge in [-0.05, 0) is 43.4 Å². The second kappa shape index (κ2) is 15.2. The van der Waals surface area contributed by atoms with Crippen LogP contribution in [0.5, 0.6) is 0 Å². The molecule has 1 saturated heterocycles. The lowest BCUT2D eigenvalue weighted by molar-refractivity contribution is -0.134. The minimum atomic E-state index is -1.64. The highest BCUT2D eigenvalue weighted by atomic mass is 16.5. The number of benzene rings is 2. The van der Waals surface area contributed by atoms with Crippen molar-refractivity contribution in [1.82, 2.24) is 15.5 Å². The summed E-state index contributed by atoms with van der Waals surface area (Å²) in [4.78, 5) is 40.6. The third kappa shape index (κ3) is 8.95. The number of hydrogen-bond donors (Lipinski definition) is 4. The first-order chi connectivity index (χ1) is 18.4. The average molecular weight is 525 g/mol. The van der Waals surface area contributed by atoms with E-state index in [1.54, 1.807) is 12.0 Å². The van der Waals surface area contributed by atoms with Crippen molar-refractivity contribution in [1.29, 1.82) is 0 Å². The lowest BCUT2D eigenvalue weighted by Gasteiger charge is -2.32. The van der Waals surface area contributed by atoms with Crippen molar-refractivity contribution in [3.63, 3.8) is 0 Å². The molecular formula is C27H36BN3O7. The predicted molar refractivity (Wildman–Crippen MR) is 142 cm³/mol. The molecule has 11 heteroatoms. The second-order valence-corrected chi connectivity index (χ2v) is 9.31. The van der Waals surface area contributed by atoms with Gasteiger partial charge in [0.2, 0.25) is 11.8 Å². The van der Waals surface area contributed by atoms with Crippen LogP contribution in [0.25, 0.3) is 0 Å². The maximum absolute atomic E-state index is 13.2. The van der Waals surface area contributed by atoms with Gasteiger partial charge in [-0.15, -0.1) is 0 Å². The van der Waals surface area contributed by atoms with Gasteiger partial charge >= 0.3 is 13.2 Å². The van der Waals surface area contributed by atoms with Gasteiger partial charge in [0.15, 0.2) is 0 Å². The predicted octanol–water partition coefficient (Wildman–Crippen LogP) is 1.44. The van der Waals surface area contributed by atoms with E-state index in [4.69, 9.17) is 9.47 Å². The molecule has 0 aliphatic carbocycles. The first-order valence-corrected chi connectivity index (χ1v) is 12.9.